The van der Waals surface area contributed by atoms with E-state index in [1.807, 2.05) is 103 Å². The number of benzene rings is 3. The number of nitrogens with zero attached hydrogens (tertiary/aromatic N) is 6. The van der Waals surface area contributed by atoms with E-state index in [1.54, 1.807) is 20.6 Å². The van der Waals surface area contributed by atoms with Gasteiger partial charge in [-0.1, -0.05) is 90.2 Å². The summed E-state index contributed by atoms with van der Waals surface area (Å²) in [4.78, 5) is 48.8. The summed E-state index contributed by atoms with van der Waals surface area (Å²) in [6, 6.07) is 24.0. The normalized spacial score (nSPS) is 27.8. The number of likely N-dealkylation sites (tertiary alicyclic amines) is 1. The number of hydrogen-bond acceptors (Lipinski definition) is 7. The fourth-order valence-electron chi connectivity index (χ4n) is 7.64. The minimum absolute atomic E-state index is 0.0889. The van der Waals surface area contributed by atoms with Crippen LogP contribution in [0.1, 0.15) is 11.6 Å². The van der Waals surface area contributed by atoms with Crippen molar-refractivity contribution in [3.63, 3.8) is 0 Å². The molecule has 46 heavy (non-hydrogen) atoms. The molecule has 4 aliphatic rings. The van der Waals surface area contributed by atoms with Crippen molar-refractivity contribution in [1.29, 1.82) is 0 Å². The lowest BCUT2D eigenvalue weighted by Gasteiger charge is -2.38. The van der Waals surface area contributed by atoms with Crippen molar-refractivity contribution in [3.8, 4) is 0 Å². The third-order valence-electron chi connectivity index (χ3n) is 9.67. The second-order valence-electron chi connectivity index (χ2n) is 12.1. The van der Waals surface area contributed by atoms with E-state index in [0.29, 0.717) is 23.3 Å². The second kappa shape index (κ2) is 11.0. The van der Waals surface area contributed by atoms with Gasteiger partial charge in [0.15, 0.2) is 0 Å². The second-order valence-corrected chi connectivity index (χ2v) is 12.1. The number of aliphatic hydroxyl groups excluding tert-OH is 1. The highest BCUT2D eigenvalue weighted by Gasteiger charge is 2.72. The van der Waals surface area contributed by atoms with E-state index in [0.717, 1.165) is 5.52 Å². The summed E-state index contributed by atoms with van der Waals surface area (Å²) in [5.41, 5.74) is 1.42. The molecule has 2 fully saturated rings. The molecule has 3 amide bonds. The molecule has 3 aromatic carbocycles. The Kier molecular flexibility index (Phi) is 6.80. The Balaban J connectivity index is 1.24. The highest BCUT2D eigenvalue weighted by Crippen LogP contribution is 2.55. The summed E-state index contributed by atoms with van der Waals surface area (Å²) in [5.74, 6) is -2.87. The number of carbonyl (C=O) groups excluding carboxylic acids is 3. The largest absolute Gasteiger partial charge is 0.394 e. The summed E-state index contributed by atoms with van der Waals surface area (Å²) in [6.07, 6.45) is 6.66. The molecule has 232 valence electrons. The number of hydrogen-bond donors (Lipinski definition) is 1. The quantitative estimate of drug-likeness (QED) is 0.331. The monoisotopic (exact) mass is 616 g/mol. The Hall–Kier alpha value is -5.13. The molecule has 4 aromatic rings. The third kappa shape index (κ3) is 4.22. The number of amides is 3. The zero-order valence-corrected chi connectivity index (χ0v) is 24.9. The molecular formula is C35H32N6O5. The van der Waals surface area contributed by atoms with Crippen molar-refractivity contribution in [1.82, 2.24) is 24.8 Å². The van der Waals surface area contributed by atoms with Crippen LogP contribution in [-0.2, 0) is 25.8 Å². The maximum atomic E-state index is 14.8. The predicted molar refractivity (Wildman–Crippen MR) is 168 cm³/mol. The van der Waals surface area contributed by atoms with Crippen LogP contribution in [-0.4, -0.2) is 85.1 Å². The molecule has 0 aliphatic carbocycles. The van der Waals surface area contributed by atoms with E-state index >= 15 is 0 Å². The molecule has 11 heteroatoms. The molecule has 11 nitrogen and oxygen atoms in total. The zero-order chi connectivity index (χ0) is 31.4. The minimum atomic E-state index is -1.44. The van der Waals surface area contributed by atoms with Gasteiger partial charge >= 0.3 is 0 Å². The Morgan fingerprint density at radius 2 is 1.61 bits per heavy atom. The highest BCUT2D eigenvalue weighted by molar-refractivity contribution is 6.04. The third-order valence-corrected chi connectivity index (χ3v) is 9.67. The maximum absolute atomic E-state index is 14.8. The topological polar surface area (TPSA) is 121 Å². The molecule has 8 rings (SSSR count). The first kappa shape index (κ1) is 28.4. The zero-order valence-electron chi connectivity index (χ0n) is 24.9. The van der Waals surface area contributed by atoms with Crippen molar-refractivity contribution >= 4 is 34.4 Å². The van der Waals surface area contributed by atoms with Gasteiger partial charge in [-0.05, 0) is 29.8 Å². The van der Waals surface area contributed by atoms with Crippen LogP contribution in [0.5, 0.6) is 0 Å². The summed E-state index contributed by atoms with van der Waals surface area (Å²) in [5, 5.41) is 19.3. The van der Waals surface area contributed by atoms with E-state index in [4.69, 9.17) is 4.74 Å². The molecule has 2 saturated heterocycles. The molecule has 0 radical (unpaired) electrons. The van der Waals surface area contributed by atoms with E-state index in [9.17, 15) is 19.5 Å². The van der Waals surface area contributed by atoms with Crippen LogP contribution >= 0.6 is 0 Å². The summed E-state index contributed by atoms with van der Waals surface area (Å²) < 4.78 is 8.46. The molecule has 5 heterocycles. The number of aromatic nitrogens is 3. The van der Waals surface area contributed by atoms with Gasteiger partial charge in [-0.2, -0.15) is 0 Å². The van der Waals surface area contributed by atoms with Crippen molar-refractivity contribution in [3.05, 3.63) is 115 Å². The number of ether oxygens (including phenoxy) is 1. The molecule has 1 aromatic heterocycles. The molecule has 1 N–H and O–H groups in total. The van der Waals surface area contributed by atoms with Gasteiger partial charge in [0.25, 0.3) is 5.91 Å². The van der Waals surface area contributed by atoms with Gasteiger partial charge in [0, 0.05) is 18.8 Å². The Morgan fingerprint density at radius 1 is 0.870 bits per heavy atom. The lowest BCUT2D eigenvalue weighted by atomic mass is 9.77. The van der Waals surface area contributed by atoms with E-state index < -0.39 is 48.1 Å². The average molecular weight is 617 g/mol. The van der Waals surface area contributed by atoms with Crippen LogP contribution in [0.3, 0.4) is 0 Å². The van der Waals surface area contributed by atoms with E-state index in [2.05, 4.69) is 10.3 Å². The highest BCUT2D eigenvalue weighted by atomic mass is 16.5. The smallest absolute Gasteiger partial charge is 0.250 e. The summed E-state index contributed by atoms with van der Waals surface area (Å²) >= 11 is 0. The van der Waals surface area contributed by atoms with Gasteiger partial charge < -0.3 is 24.5 Å². The van der Waals surface area contributed by atoms with Gasteiger partial charge in [0.2, 0.25) is 11.8 Å². The first-order chi connectivity index (χ1) is 22.5. The van der Waals surface area contributed by atoms with Crippen LogP contribution in [0.2, 0.25) is 0 Å². The van der Waals surface area contributed by atoms with Crippen LogP contribution in [0.15, 0.2) is 109 Å². The molecule has 0 bridgehead atoms. The Bertz CT molecular complexity index is 1880. The Labute approximate surface area is 264 Å². The van der Waals surface area contributed by atoms with Crippen LogP contribution in [0.4, 0.5) is 5.69 Å². The fourth-order valence-corrected chi connectivity index (χ4v) is 7.64. The molecule has 4 aliphatic heterocycles. The molecule has 1 unspecified atom stereocenters. The van der Waals surface area contributed by atoms with Gasteiger partial charge in [-0.3, -0.25) is 14.4 Å². The SMILES string of the molecule is O=C1C2N([C@H](CO)c3ccccc3)C(=O)[C@@H]3[C@H]4C(=O)N(c5ccccc5)CC=C[C@H]4O[C@]23C=CCN1Cn1nnc2ccccc21. The first-order valence-electron chi connectivity index (χ1n) is 15.5. The van der Waals surface area contributed by atoms with Gasteiger partial charge in [0.05, 0.1) is 36.1 Å². The molecule has 6 atom stereocenters. The molecular weight excluding hydrogens is 584 g/mol. The van der Waals surface area contributed by atoms with E-state index in [-0.39, 0.29) is 25.0 Å². The summed E-state index contributed by atoms with van der Waals surface area (Å²) in [7, 11) is 0. The predicted octanol–water partition coefficient (Wildman–Crippen LogP) is 2.70. The number of fused-ring (bicyclic) bond motifs is 3. The minimum Gasteiger partial charge on any atom is -0.394 e. The van der Waals surface area contributed by atoms with Crippen molar-refractivity contribution in [2.45, 2.75) is 30.5 Å². The van der Waals surface area contributed by atoms with E-state index in [1.165, 1.54) is 4.90 Å². The Morgan fingerprint density at radius 3 is 2.39 bits per heavy atom. The fraction of sp³-hybridized carbons (Fsp3) is 0.286. The number of anilines is 1. The standard InChI is InChI=1S/C35H32N6O5/c42-21-27(23-11-3-1-4-12-23)41-31-34(45)38(22-40-26-16-8-7-15-25(26)36-37-40)19-10-18-35(31)30(33(41)44)29-28(46-35)17-9-20-39(32(29)43)24-13-5-2-6-14-24/h1-18,27-31,42H,19-22H2/t27-,28-,29+,30+,31?,35+/m1/s1. The van der Waals surface area contributed by atoms with Crippen molar-refractivity contribution in [2.75, 3.05) is 24.6 Å². The molecule has 1 spiro atoms. The van der Waals surface area contributed by atoms with Gasteiger partial charge in [-0.15, -0.1) is 5.10 Å². The lowest BCUT2D eigenvalue weighted by Crippen LogP contribution is -2.56. The number of aliphatic hydroxyl groups is 1. The first-order valence-corrected chi connectivity index (χ1v) is 15.5. The van der Waals surface area contributed by atoms with Gasteiger partial charge in [-0.25, -0.2) is 4.68 Å². The number of para-hydroxylation sites is 2. The number of carbonyl (C=O) groups is 3. The maximum Gasteiger partial charge on any atom is 0.250 e. The van der Waals surface area contributed by atoms with Crippen molar-refractivity contribution in [2.24, 2.45) is 11.8 Å². The number of rotatable bonds is 6. The lowest BCUT2D eigenvalue weighted by molar-refractivity contribution is -0.151. The average Bonchev–Trinajstić information content (AvgIpc) is 3.64. The van der Waals surface area contributed by atoms with Gasteiger partial charge in [0.1, 0.15) is 23.8 Å². The van der Waals surface area contributed by atoms with Crippen LogP contribution < -0.4 is 4.90 Å². The molecule has 0 saturated carbocycles. The van der Waals surface area contributed by atoms with Crippen LogP contribution in [0, 0.1) is 11.8 Å². The summed E-state index contributed by atoms with van der Waals surface area (Å²) in [6.45, 7) is 0.231. The van der Waals surface area contributed by atoms with Crippen LogP contribution in [0.25, 0.3) is 11.0 Å². The van der Waals surface area contributed by atoms with Crippen molar-refractivity contribution < 1.29 is 24.2 Å².